The molecule has 0 aliphatic heterocycles. The molecule has 0 fully saturated rings. The molecule has 0 bridgehead atoms. The van der Waals surface area contributed by atoms with Crippen LogP contribution in [0.4, 0.5) is 5.69 Å². The molecule has 10 heteroatoms. The number of hydrogen-bond acceptors (Lipinski definition) is 4. The second-order valence-electron chi connectivity index (χ2n) is 5.96. The van der Waals surface area contributed by atoms with E-state index >= 15 is 0 Å². The minimum Gasteiger partial charge on any atom is -0.481 e. The first-order valence-corrected chi connectivity index (χ1v) is 11.6. The Bertz CT molecular complexity index is 1010. The third-order valence-electron chi connectivity index (χ3n) is 3.75. The van der Waals surface area contributed by atoms with Crippen LogP contribution in [0.25, 0.3) is 0 Å². The molecule has 1 N–H and O–H groups in total. The van der Waals surface area contributed by atoms with Crippen LogP contribution in [0.3, 0.4) is 0 Å². The van der Waals surface area contributed by atoms with Crippen LogP contribution in [0.1, 0.15) is 0 Å². The van der Waals surface area contributed by atoms with Crippen molar-refractivity contribution in [2.24, 2.45) is 0 Å². The Morgan fingerprint density at radius 3 is 2.27 bits per heavy atom. The van der Waals surface area contributed by atoms with Crippen molar-refractivity contribution in [3.8, 4) is 5.75 Å². The van der Waals surface area contributed by atoms with Gasteiger partial charge in [0.25, 0.3) is 5.91 Å². The van der Waals surface area contributed by atoms with E-state index < -0.39 is 15.9 Å². The molecular weight excluding hydrogens is 515 g/mol. The zero-order valence-corrected chi connectivity index (χ0v) is 19.7. The van der Waals surface area contributed by atoms with Gasteiger partial charge in [0.05, 0.1) is 14.4 Å². The minimum atomic E-state index is -3.71. The van der Waals surface area contributed by atoms with Crippen molar-refractivity contribution in [1.29, 1.82) is 0 Å². The quantitative estimate of drug-likeness (QED) is 0.429. The van der Waals surface area contributed by atoms with E-state index in [1.165, 1.54) is 46.8 Å². The van der Waals surface area contributed by atoms with E-state index in [1.54, 1.807) is 6.07 Å². The molecule has 2 rings (SSSR count). The highest BCUT2D eigenvalue weighted by atomic mass is 79.9. The molecule has 0 aliphatic carbocycles. The Morgan fingerprint density at radius 2 is 1.73 bits per heavy atom. The Labute approximate surface area is 194 Å². The number of sulfonamides is 1. The lowest BCUT2D eigenvalue weighted by atomic mass is 10.3. The molecule has 1 amide bonds. The summed E-state index contributed by atoms with van der Waals surface area (Å²) in [5, 5.41) is 3.32. The Kier molecular flexibility index (Phi) is 8.93. The van der Waals surface area contributed by atoms with Gasteiger partial charge in [0.1, 0.15) is 0 Å². The number of hydrogen-bond donors (Lipinski definition) is 1. The Morgan fingerprint density at radius 1 is 1.13 bits per heavy atom. The summed E-state index contributed by atoms with van der Waals surface area (Å²) in [6, 6.07) is 8.92. The van der Waals surface area contributed by atoms with Gasteiger partial charge in [-0.25, -0.2) is 8.42 Å². The number of halogens is 3. The zero-order valence-electron chi connectivity index (χ0n) is 15.8. The number of carbonyl (C=O) groups excluding carboxylic acids is 1. The number of nitrogens with one attached hydrogen (secondary N) is 1. The van der Waals surface area contributed by atoms with E-state index in [4.69, 9.17) is 27.9 Å². The first-order chi connectivity index (χ1) is 14.2. The molecule has 30 heavy (non-hydrogen) atoms. The van der Waals surface area contributed by atoms with Gasteiger partial charge in [-0.1, -0.05) is 35.4 Å². The van der Waals surface area contributed by atoms with E-state index in [2.05, 4.69) is 34.4 Å². The second-order valence-corrected chi connectivity index (χ2v) is 9.60. The summed E-state index contributed by atoms with van der Waals surface area (Å²) < 4.78 is 32.6. The largest absolute Gasteiger partial charge is 0.481 e. The van der Waals surface area contributed by atoms with Gasteiger partial charge in [-0.3, -0.25) is 4.79 Å². The second kappa shape index (κ2) is 11.0. The summed E-state index contributed by atoms with van der Waals surface area (Å²) in [6.07, 6.45) is 3.00. The third-order valence-corrected chi connectivity index (χ3v) is 6.69. The van der Waals surface area contributed by atoms with Gasteiger partial charge in [-0.2, -0.15) is 4.31 Å². The van der Waals surface area contributed by atoms with Crippen LogP contribution in [0.2, 0.25) is 10.0 Å². The van der Waals surface area contributed by atoms with Crippen molar-refractivity contribution in [1.82, 2.24) is 4.31 Å². The number of benzene rings is 2. The number of carbonyl (C=O) groups is 1. The van der Waals surface area contributed by atoms with Gasteiger partial charge in [0, 0.05) is 23.8 Å². The summed E-state index contributed by atoms with van der Waals surface area (Å²) in [6.45, 7) is 7.17. The van der Waals surface area contributed by atoms with Gasteiger partial charge in [-0.15, -0.1) is 13.2 Å². The average Bonchev–Trinajstić information content (AvgIpc) is 2.67. The molecule has 0 heterocycles. The first kappa shape index (κ1) is 24.4. The highest BCUT2D eigenvalue weighted by Gasteiger charge is 2.22. The predicted octanol–water partition coefficient (Wildman–Crippen LogP) is 5.14. The van der Waals surface area contributed by atoms with E-state index in [0.29, 0.717) is 20.9 Å². The highest BCUT2D eigenvalue weighted by Crippen LogP contribution is 2.36. The summed E-state index contributed by atoms with van der Waals surface area (Å²) >= 11 is 15.2. The fourth-order valence-electron chi connectivity index (χ4n) is 2.42. The standard InChI is InChI=1S/C20H19BrCl2N2O4S/c1-3-9-25(10-4-2)30(27,28)16-7-5-15(6-8-16)24-19(26)13-29-20-17(21)11-14(22)12-18(20)23/h3-8,11-12H,1-2,9-10,13H2,(H,24,26). The first-order valence-electron chi connectivity index (χ1n) is 8.58. The van der Waals surface area contributed by atoms with E-state index in [-0.39, 0.29) is 29.6 Å². The molecule has 160 valence electrons. The van der Waals surface area contributed by atoms with Crippen molar-refractivity contribution >= 4 is 60.7 Å². The van der Waals surface area contributed by atoms with Crippen molar-refractivity contribution in [2.75, 3.05) is 25.0 Å². The molecule has 0 saturated carbocycles. The summed E-state index contributed by atoms with van der Waals surface area (Å²) in [4.78, 5) is 12.3. The van der Waals surface area contributed by atoms with Gasteiger partial charge in [-0.05, 0) is 52.3 Å². The molecule has 0 aromatic heterocycles. The lowest BCUT2D eigenvalue weighted by molar-refractivity contribution is -0.118. The third kappa shape index (κ3) is 6.33. The maximum Gasteiger partial charge on any atom is 0.262 e. The Hall–Kier alpha value is -1.84. The normalized spacial score (nSPS) is 11.2. The topological polar surface area (TPSA) is 75.7 Å². The molecule has 0 radical (unpaired) electrons. The molecule has 0 aliphatic rings. The maximum atomic E-state index is 12.7. The number of amides is 1. The van der Waals surface area contributed by atoms with Crippen molar-refractivity contribution < 1.29 is 17.9 Å². The lowest BCUT2D eigenvalue weighted by Gasteiger charge is -2.19. The van der Waals surface area contributed by atoms with Crippen LogP contribution in [-0.4, -0.2) is 38.3 Å². The maximum absolute atomic E-state index is 12.7. The van der Waals surface area contributed by atoms with Crippen LogP contribution in [0.5, 0.6) is 5.75 Å². The molecule has 0 atom stereocenters. The van der Waals surface area contributed by atoms with Crippen molar-refractivity contribution in [3.05, 3.63) is 76.2 Å². The predicted molar refractivity (Wildman–Crippen MR) is 124 cm³/mol. The number of rotatable bonds is 10. The van der Waals surface area contributed by atoms with Gasteiger partial charge in [0.2, 0.25) is 10.0 Å². The molecule has 0 spiro atoms. The van der Waals surface area contributed by atoms with E-state index in [1.807, 2.05) is 0 Å². The zero-order chi connectivity index (χ0) is 22.3. The summed E-state index contributed by atoms with van der Waals surface area (Å²) in [5.41, 5.74) is 0.419. The summed E-state index contributed by atoms with van der Waals surface area (Å²) in [7, 11) is -3.71. The highest BCUT2D eigenvalue weighted by molar-refractivity contribution is 9.10. The minimum absolute atomic E-state index is 0.0947. The monoisotopic (exact) mass is 532 g/mol. The summed E-state index contributed by atoms with van der Waals surface area (Å²) in [5.74, 6) is -0.148. The molecule has 0 saturated heterocycles. The van der Waals surface area contributed by atoms with Crippen LogP contribution in [-0.2, 0) is 14.8 Å². The number of anilines is 1. The molecule has 6 nitrogen and oxygen atoms in total. The Balaban J connectivity index is 2.04. The molecule has 2 aromatic rings. The molecule has 2 aromatic carbocycles. The van der Waals surface area contributed by atoms with Gasteiger partial charge < -0.3 is 10.1 Å². The van der Waals surface area contributed by atoms with E-state index in [0.717, 1.165) is 0 Å². The van der Waals surface area contributed by atoms with Crippen LogP contribution in [0.15, 0.2) is 71.1 Å². The fourth-order valence-corrected chi connectivity index (χ4v) is 5.17. The lowest BCUT2D eigenvalue weighted by Crippen LogP contribution is -2.31. The van der Waals surface area contributed by atoms with Gasteiger partial charge >= 0.3 is 0 Å². The smallest absolute Gasteiger partial charge is 0.262 e. The SMILES string of the molecule is C=CCN(CC=C)S(=O)(=O)c1ccc(NC(=O)COc2c(Cl)cc(Cl)cc2Br)cc1. The molecular formula is C20H19BrCl2N2O4S. The van der Waals surface area contributed by atoms with Crippen LogP contribution >= 0.6 is 39.1 Å². The van der Waals surface area contributed by atoms with Crippen molar-refractivity contribution in [3.63, 3.8) is 0 Å². The van der Waals surface area contributed by atoms with Crippen LogP contribution < -0.4 is 10.1 Å². The van der Waals surface area contributed by atoms with E-state index in [9.17, 15) is 13.2 Å². The van der Waals surface area contributed by atoms with Gasteiger partial charge in [0.15, 0.2) is 12.4 Å². The number of nitrogens with zero attached hydrogens (tertiary/aromatic N) is 1. The van der Waals surface area contributed by atoms with Crippen LogP contribution in [0, 0.1) is 0 Å². The fraction of sp³-hybridized carbons (Fsp3) is 0.150. The number of ether oxygens (including phenoxy) is 1. The van der Waals surface area contributed by atoms with Crippen molar-refractivity contribution in [2.45, 2.75) is 4.90 Å². The average molecular weight is 534 g/mol. The molecule has 0 unspecified atom stereocenters.